The van der Waals surface area contributed by atoms with E-state index in [0.29, 0.717) is 0 Å². The Balaban J connectivity index is 1.86. The van der Waals surface area contributed by atoms with E-state index >= 15 is 0 Å². The van der Waals surface area contributed by atoms with Crippen molar-refractivity contribution >= 4 is 5.69 Å². The first-order valence-corrected chi connectivity index (χ1v) is 7.52. The van der Waals surface area contributed by atoms with Gasteiger partial charge < -0.3 is 5.32 Å². The van der Waals surface area contributed by atoms with Gasteiger partial charge >= 0.3 is 0 Å². The second-order valence-corrected chi connectivity index (χ2v) is 5.31. The summed E-state index contributed by atoms with van der Waals surface area (Å²) in [5, 5.41) is 3.46. The van der Waals surface area contributed by atoms with Gasteiger partial charge in [-0.25, -0.2) is 0 Å². The highest BCUT2D eigenvalue weighted by Gasteiger charge is 1.99. The van der Waals surface area contributed by atoms with Gasteiger partial charge in [-0.3, -0.25) is 4.98 Å². The molecule has 0 fully saturated rings. The number of nitrogens with zero attached hydrogens (tertiary/aromatic N) is 1. The van der Waals surface area contributed by atoms with Crippen LogP contribution in [0, 0.1) is 6.92 Å². The Morgan fingerprint density at radius 3 is 2.55 bits per heavy atom. The number of aromatic nitrogens is 1. The second kappa shape index (κ2) is 7.68. The molecule has 0 aliphatic heterocycles. The number of hydrogen-bond acceptors (Lipinski definition) is 2. The molecule has 0 atom stereocenters. The van der Waals surface area contributed by atoms with Crippen LogP contribution in [0.3, 0.4) is 0 Å². The van der Waals surface area contributed by atoms with Crippen LogP contribution in [0.4, 0.5) is 5.69 Å². The van der Waals surface area contributed by atoms with Crippen LogP contribution in [-0.4, -0.2) is 4.98 Å². The lowest BCUT2D eigenvalue weighted by molar-refractivity contribution is 0.717. The Labute approximate surface area is 122 Å². The average molecular weight is 268 g/mol. The molecule has 0 aliphatic carbocycles. The van der Waals surface area contributed by atoms with Gasteiger partial charge in [0.2, 0.25) is 0 Å². The molecular weight excluding hydrogens is 244 g/mol. The number of rotatable bonds is 7. The van der Waals surface area contributed by atoms with Crippen molar-refractivity contribution in [1.29, 1.82) is 0 Å². The second-order valence-electron chi connectivity index (χ2n) is 5.31. The molecule has 1 N–H and O–H groups in total. The van der Waals surface area contributed by atoms with Crippen molar-refractivity contribution in [1.82, 2.24) is 4.98 Å². The molecule has 2 aromatic rings. The van der Waals surface area contributed by atoms with Crippen molar-refractivity contribution in [3.05, 3.63) is 59.4 Å². The monoisotopic (exact) mass is 268 g/mol. The van der Waals surface area contributed by atoms with E-state index in [1.54, 1.807) is 0 Å². The summed E-state index contributed by atoms with van der Waals surface area (Å²) < 4.78 is 0. The lowest BCUT2D eigenvalue weighted by atomic mass is 10.1. The molecule has 106 valence electrons. The maximum absolute atomic E-state index is 4.17. The van der Waals surface area contributed by atoms with Gasteiger partial charge in [0, 0.05) is 24.6 Å². The summed E-state index contributed by atoms with van der Waals surface area (Å²) in [5.41, 5.74) is 5.14. The van der Waals surface area contributed by atoms with Gasteiger partial charge in [0.25, 0.3) is 0 Å². The summed E-state index contributed by atoms with van der Waals surface area (Å²) in [5.74, 6) is 0. The quantitative estimate of drug-likeness (QED) is 0.734. The van der Waals surface area contributed by atoms with Crippen LogP contribution >= 0.6 is 0 Å². The number of anilines is 1. The number of aryl methyl sites for hydroxylation is 2. The van der Waals surface area contributed by atoms with Gasteiger partial charge in [-0.05, 0) is 54.7 Å². The Kier molecular flexibility index (Phi) is 5.60. The molecule has 0 unspecified atom stereocenters. The summed E-state index contributed by atoms with van der Waals surface area (Å²) in [6.45, 7) is 5.19. The van der Waals surface area contributed by atoms with Crippen LogP contribution in [0.1, 0.15) is 42.9 Å². The molecule has 20 heavy (non-hydrogen) atoms. The maximum Gasteiger partial charge on any atom is 0.0418 e. The molecule has 2 nitrogen and oxygen atoms in total. The molecule has 0 saturated carbocycles. The van der Waals surface area contributed by atoms with Gasteiger partial charge in [0.1, 0.15) is 0 Å². The van der Waals surface area contributed by atoms with Gasteiger partial charge in [-0.1, -0.05) is 31.9 Å². The number of pyridine rings is 1. The highest BCUT2D eigenvalue weighted by Crippen LogP contribution is 2.14. The molecule has 0 radical (unpaired) electrons. The summed E-state index contributed by atoms with van der Waals surface area (Å²) in [6.07, 6.45) is 8.85. The number of unbranched alkanes of at least 4 members (excludes halogenated alkanes) is 2. The highest BCUT2D eigenvalue weighted by molar-refractivity contribution is 5.45. The smallest absolute Gasteiger partial charge is 0.0418 e. The van der Waals surface area contributed by atoms with E-state index in [1.807, 2.05) is 18.5 Å². The van der Waals surface area contributed by atoms with Crippen molar-refractivity contribution in [3.63, 3.8) is 0 Å². The van der Waals surface area contributed by atoms with Crippen LogP contribution in [0.25, 0.3) is 0 Å². The fourth-order valence-electron chi connectivity index (χ4n) is 2.25. The molecule has 0 amide bonds. The van der Waals surface area contributed by atoms with E-state index in [9.17, 15) is 0 Å². The molecule has 1 aromatic carbocycles. The van der Waals surface area contributed by atoms with Crippen LogP contribution in [0.2, 0.25) is 0 Å². The minimum absolute atomic E-state index is 0.828. The Morgan fingerprint density at radius 2 is 1.85 bits per heavy atom. The van der Waals surface area contributed by atoms with Crippen molar-refractivity contribution in [2.45, 2.75) is 46.1 Å². The van der Waals surface area contributed by atoms with E-state index in [0.717, 1.165) is 6.54 Å². The third kappa shape index (κ3) is 4.37. The molecule has 0 bridgehead atoms. The Morgan fingerprint density at radius 1 is 1.05 bits per heavy atom. The summed E-state index contributed by atoms with van der Waals surface area (Å²) >= 11 is 0. The number of hydrogen-bond donors (Lipinski definition) is 1. The van der Waals surface area contributed by atoms with E-state index in [-0.39, 0.29) is 0 Å². The molecular formula is C18H24N2. The summed E-state index contributed by atoms with van der Waals surface area (Å²) in [7, 11) is 0. The fourth-order valence-corrected chi connectivity index (χ4v) is 2.25. The van der Waals surface area contributed by atoms with Crippen LogP contribution in [-0.2, 0) is 13.0 Å². The van der Waals surface area contributed by atoms with Gasteiger partial charge in [0.15, 0.2) is 0 Å². The first-order chi connectivity index (χ1) is 9.79. The van der Waals surface area contributed by atoms with Crippen molar-refractivity contribution in [3.8, 4) is 0 Å². The molecule has 0 aliphatic rings. The summed E-state index contributed by atoms with van der Waals surface area (Å²) in [6, 6.07) is 10.9. The fraction of sp³-hybridized carbons (Fsp3) is 0.389. The average Bonchev–Trinajstić information content (AvgIpc) is 2.48. The molecule has 0 spiro atoms. The van der Waals surface area contributed by atoms with E-state index in [4.69, 9.17) is 0 Å². The van der Waals surface area contributed by atoms with E-state index in [2.05, 4.69) is 48.4 Å². The molecule has 0 saturated heterocycles. The minimum atomic E-state index is 0.828. The third-order valence-electron chi connectivity index (χ3n) is 3.65. The standard InChI is InChI=1S/C18H24N2/c1-3-4-5-6-16-7-9-18(10-8-16)20-14-17-13-19-12-11-15(17)2/h7-13,20H,3-6,14H2,1-2H3. The highest BCUT2D eigenvalue weighted by atomic mass is 14.9. The third-order valence-corrected chi connectivity index (χ3v) is 3.65. The normalized spacial score (nSPS) is 10.5. The topological polar surface area (TPSA) is 24.9 Å². The predicted molar refractivity (Wildman–Crippen MR) is 86.0 cm³/mol. The molecule has 2 rings (SSSR count). The van der Waals surface area contributed by atoms with E-state index < -0.39 is 0 Å². The SMILES string of the molecule is CCCCCc1ccc(NCc2cnccc2C)cc1. The molecule has 1 heterocycles. The van der Waals surface area contributed by atoms with Crippen LogP contribution < -0.4 is 5.32 Å². The number of nitrogens with one attached hydrogen (secondary N) is 1. The number of benzene rings is 1. The van der Waals surface area contributed by atoms with Crippen LogP contribution in [0.5, 0.6) is 0 Å². The maximum atomic E-state index is 4.17. The first-order valence-electron chi connectivity index (χ1n) is 7.52. The Hall–Kier alpha value is -1.83. The van der Waals surface area contributed by atoms with Crippen molar-refractivity contribution in [2.75, 3.05) is 5.32 Å². The molecule has 2 heteroatoms. The Bertz CT molecular complexity index is 517. The van der Waals surface area contributed by atoms with Gasteiger partial charge in [0.05, 0.1) is 0 Å². The zero-order valence-electron chi connectivity index (χ0n) is 12.5. The minimum Gasteiger partial charge on any atom is -0.381 e. The zero-order valence-corrected chi connectivity index (χ0v) is 12.5. The molecule has 1 aromatic heterocycles. The van der Waals surface area contributed by atoms with Crippen LogP contribution in [0.15, 0.2) is 42.7 Å². The zero-order chi connectivity index (χ0) is 14.2. The lowest BCUT2D eigenvalue weighted by Crippen LogP contribution is -2.01. The van der Waals surface area contributed by atoms with Crippen molar-refractivity contribution in [2.24, 2.45) is 0 Å². The van der Waals surface area contributed by atoms with Gasteiger partial charge in [-0.15, -0.1) is 0 Å². The predicted octanol–water partition coefficient (Wildman–Crippen LogP) is 4.73. The largest absolute Gasteiger partial charge is 0.381 e. The van der Waals surface area contributed by atoms with Crippen molar-refractivity contribution < 1.29 is 0 Å². The summed E-state index contributed by atoms with van der Waals surface area (Å²) in [4.78, 5) is 4.17. The van der Waals surface area contributed by atoms with E-state index in [1.165, 1.54) is 48.1 Å². The first kappa shape index (κ1) is 14.6. The lowest BCUT2D eigenvalue weighted by Gasteiger charge is -2.09. The van der Waals surface area contributed by atoms with Gasteiger partial charge in [-0.2, -0.15) is 0 Å².